The van der Waals surface area contributed by atoms with E-state index in [-0.39, 0.29) is 5.41 Å². The predicted molar refractivity (Wildman–Crippen MR) is 132 cm³/mol. The third kappa shape index (κ3) is 2.18. The fourth-order valence-corrected chi connectivity index (χ4v) is 5.79. The number of rotatable bonds is 1. The molecule has 1 aliphatic heterocycles. The highest BCUT2D eigenvalue weighted by Gasteiger charge is 2.36. The molecule has 0 N–H and O–H groups in total. The van der Waals surface area contributed by atoms with Crippen molar-refractivity contribution in [3.63, 3.8) is 0 Å². The van der Waals surface area contributed by atoms with E-state index in [0.29, 0.717) is 0 Å². The molecule has 0 aromatic heterocycles. The van der Waals surface area contributed by atoms with Gasteiger partial charge in [-0.05, 0) is 56.5 Å². The number of fused-ring (bicyclic) bond motifs is 5. The second kappa shape index (κ2) is 6.11. The molecule has 152 valence electrons. The first-order chi connectivity index (χ1) is 15.6. The Morgan fingerprint density at radius 2 is 1.19 bits per heavy atom. The average molecular weight is 411 g/mol. The molecule has 1 aliphatic carbocycles. The van der Waals surface area contributed by atoms with Crippen molar-refractivity contribution < 1.29 is 4.74 Å². The number of hydrogen-bond donors (Lipinski definition) is 0. The van der Waals surface area contributed by atoms with Crippen LogP contribution in [-0.4, -0.2) is 0 Å². The van der Waals surface area contributed by atoms with E-state index in [1.54, 1.807) is 0 Å². The first kappa shape index (κ1) is 17.8. The van der Waals surface area contributed by atoms with Crippen LogP contribution >= 0.6 is 0 Å². The molecule has 32 heavy (non-hydrogen) atoms. The monoisotopic (exact) mass is 410 g/mol. The van der Waals surface area contributed by atoms with Crippen molar-refractivity contribution in [1.29, 1.82) is 0 Å². The van der Waals surface area contributed by atoms with Gasteiger partial charge in [0.1, 0.15) is 11.5 Å². The van der Waals surface area contributed by atoms with Gasteiger partial charge in [0.2, 0.25) is 0 Å². The van der Waals surface area contributed by atoms with Crippen molar-refractivity contribution in [3.05, 3.63) is 108 Å². The van der Waals surface area contributed by atoms with Gasteiger partial charge >= 0.3 is 0 Å². The van der Waals surface area contributed by atoms with Crippen LogP contribution < -0.4 is 4.74 Å². The fourth-order valence-electron chi connectivity index (χ4n) is 5.79. The minimum Gasteiger partial charge on any atom is -0.456 e. The van der Waals surface area contributed by atoms with E-state index in [4.69, 9.17) is 4.74 Å². The van der Waals surface area contributed by atoms with Gasteiger partial charge in [-0.3, -0.25) is 0 Å². The Hall–Kier alpha value is -3.84. The average Bonchev–Trinajstić information content (AvgIpc) is 3.07. The first-order valence-electron chi connectivity index (χ1n) is 11.2. The van der Waals surface area contributed by atoms with Crippen LogP contribution in [0.4, 0.5) is 0 Å². The van der Waals surface area contributed by atoms with Crippen LogP contribution in [0, 0.1) is 0 Å². The molecule has 0 unspecified atom stereocenters. The van der Waals surface area contributed by atoms with E-state index in [1.165, 1.54) is 49.7 Å². The third-order valence-corrected chi connectivity index (χ3v) is 7.30. The van der Waals surface area contributed by atoms with Gasteiger partial charge in [0, 0.05) is 16.4 Å². The maximum atomic E-state index is 6.32. The lowest BCUT2D eigenvalue weighted by atomic mass is 9.81. The van der Waals surface area contributed by atoms with Crippen molar-refractivity contribution in [2.24, 2.45) is 0 Å². The molecule has 0 radical (unpaired) electrons. The summed E-state index contributed by atoms with van der Waals surface area (Å²) in [5, 5.41) is 2.44. The standard InChI is InChI=1S/C31H22O/c1-31(2)25-14-5-3-10-24(25)29-21(13-8-15-26(29)31)19-17-18-28-30-22(19)11-7-12-23(30)20-9-4-6-16-27(20)32-28/h3-18H,1-2H3. The Balaban J connectivity index is 1.56. The first-order valence-corrected chi connectivity index (χ1v) is 11.2. The number of para-hydroxylation sites is 1. The van der Waals surface area contributed by atoms with E-state index >= 15 is 0 Å². The molecule has 0 bridgehead atoms. The lowest BCUT2D eigenvalue weighted by Gasteiger charge is -2.23. The summed E-state index contributed by atoms with van der Waals surface area (Å²) in [6, 6.07) is 35.0. The van der Waals surface area contributed by atoms with E-state index in [0.717, 1.165) is 17.1 Å². The van der Waals surface area contributed by atoms with Crippen LogP contribution in [0.5, 0.6) is 11.5 Å². The Labute approximate surface area is 187 Å². The van der Waals surface area contributed by atoms with Gasteiger partial charge in [-0.1, -0.05) is 98.8 Å². The second-order valence-electron chi connectivity index (χ2n) is 9.34. The molecule has 5 aromatic carbocycles. The van der Waals surface area contributed by atoms with Crippen molar-refractivity contribution in [3.8, 4) is 44.9 Å². The summed E-state index contributed by atoms with van der Waals surface area (Å²) in [5.41, 5.74) is 10.5. The summed E-state index contributed by atoms with van der Waals surface area (Å²) in [4.78, 5) is 0. The molecule has 1 nitrogen and oxygen atoms in total. The van der Waals surface area contributed by atoms with Gasteiger partial charge in [0.15, 0.2) is 0 Å². The van der Waals surface area contributed by atoms with Gasteiger partial charge in [-0.15, -0.1) is 0 Å². The molecule has 7 rings (SSSR count). The summed E-state index contributed by atoms with van der Waals surface area (Å²) in [6.45, 7) is 4.67. The smallest absolute Gasteiger partial charge is 0.135 e. The summed E-state index contributed by atoms with van der Waals surface area (Å²) >= 11 is 0. The minimum atomic E-state index is -0.00364. The number of benzene rings is 5. The Morgan fingerprint density at radius 1 is 0.500 bits per heavy atom. The SMILES string of the molecule is CC1(C)c2ccccc2-c2c(-c3ccc4c5c(cccc35)-c3ccccc3O4)cccc21. The predicted octanol–water partition coefficient (Wildman–Crippen LogP) is 8.59. The molecule has 5 aromatic rings. The van der Waals surface area contributed by atoms with E-state index < -0.39 is 0 Å². The Kier molecular flexibility index (Phi) is 3.40. The molecule has 0 spiro atoms. The lowest BCUT2D eigenvalue weighted by Crippen LogP contribution is -2.14. The number of ether oxygens (including phenoxy) is 1. The zero-order valence-electron chi connectivity index (χ0n) is 18.1. The van der Waals surface area contributed by atoms with Crippen LogP contribution in [0.2, 0.25) is 0 Å². The highest BCUT2D eigenvalue weighted by molar-refractivity contribution is 6.11. The molecule has 1 heterocycles. The van der Waals surface area contributed by atoms with Gasteiger partial charge in [0.05, 0.1) is 0 Å². The molecule has 0 atom stereocenters. The van der Waals surface area contributed by atoms with Crippen LogP contribution in [0.3, 0.4) is 0 Å². The quantitative estimate of drug-likeness (QED) is 0.264. The van der Waals surface area contributed by atoms with E-state index in [9.17, 15) is 0 Å². The van der Waals surface area contributed by atoms with Crippen LogP contribution in [0.1, 0.15) is 25.0 Å². The Morgan fingerprint density at radius 3 is 2.09 bits per heavy atom. The topological polar surface area (TPSA) is 9.23 Å². The molecule has 2 aliphatic rings. The molecule has 0 saturated heterocycles. The van der Waals surface area contributed by atoms with Gasteiger partial charge in [0.25, 0.3) is 0 Å². The molecule has 0 fully saturated rings. The molecular formula is C31H22O. The van der Waals surface area contributed by atoms with E-state index in [2.05, 4.69) is 98.8 Å². The normalized spacial score (nSPS) is 14.4. The zero-order valence-corrected chi connectivity index (χ0v) is 18.1. The van der Waals surface area contributed by atoms with Crippen LogP contribution in [0.15, 0.2) is 97.1 Å². The van der Waals surface area contributed by atoms with Crippen molar-refractivity contribution in [1.82, 2.24) is 0 Å². The number of hydrogen-bond acceptors (Lipinski definition) is 1. The Bertz CT molecular complexity index is 1570. The summed E-state index contributed by atoms with van der Waals surface area (Å²) in [7, 11) is 0. The summed E-state index contributed by atoms with van der Waals surface area (Å²) in [6.07, 6.45) is 0. The van der Waals surface area contributed by atoms with Crippen molar-refractivity contribution in [2.45, 2.75) is 19.3 Å². The summed E-state index contributed by atoms with van der Waals surface area (Å²) < 4.78 is 6.32. The fraction of sp³-hybridized carbons (Fsp3) is 0.0968. The molecular weight excluding hydrogens is 388 g/mol. The largest absolute Gasteiger partial charge is 0.456 e. The van der Waals surface area contributed by atoms with Gasteiger partial charge in [-0.25, -0.2) is 0 Å². The third-order valence-electron chi connectivity index (χ3n) is 7.30. The highest BCUT2D eigenvalue weighted by Crippen LogP contribution is 2.54. The maximum absolute atomic E-state index is 6.32. The zero-order chi connectivity index (χ0) is 21.4. The maximum Gasteiger partial charge on any atom is 0.135 e. The molecule has 0 amide bonds. The van der Waals surface area contributed by atoms with Crippen molar-refractivity contribution >= 4 is 10.8 Å². The highest BCUT2D eigenvalue weighted by atomic mass is 16.5. The molecule has 1 heteroatoms. The molecule has 0 saturated carbocycles. The second-order valence-corrected chi connectivity index (χ2v) is 9.34. The minimum absolute atomic E-state index is 0.00364. The van der Waals surface area contributed by atoms with Crippen LogP contribution in [-0.2, 0) is 5.41 Å². The lowest BCUT2D eigenvalue weighted by molar-refractivity contribution is 0.487. The summed E-state index contributed by atoms with van der Waals surface area (Å²) in [5.74, 6) is 1.86. The van der Waals surface area contributed by atoms with E-state index in [1.807, 2.05) is 12.1 Å². The van der Waals surface area contributed by atoms with Crippen LogP contribution in [0.25, 0.3) is 44.2 Å². The van der Waals surface area contributed by atoms with Crippen molar-refractivity contribution in [2.75, 3.05) is 0 Å². The van der Waals surface area contributed by atoms with Gasteiger partial charge < -0.3 is 4.74 Å². The van der Waals surface area contributed by atoms with Gasteiger partial charge in [-0.2, -0.15) is 0 Å².